The molecule has 6 heteroatoms. The van der Waals surface area contributed by atoms with E-state index in [4.69, 9.17) is 4.74 Å². The van der Waals surface area contributed by atoms with Gasteiger partial charge < -0.3 is 15.0 Å². The van der Waals surface area contributed by atoms with Crippen molar-refractivity contribution in [2.75, 3.05) is 37.7 Å². The van der Waals surface area contributed by atoms with E-state index in [0.29, 0.717) is 5.92 Å². The van der Waals surface area contributed by atoms with E-state index in [1.807, 2.05) is 0 Å². The SMILES string of the molecule is CC1CCOC1c1nc(N2CCNCC2)n[nH]1. The van der Waals surface area contributed by atoms with E-state index in [-0.39, 0.29) is 6.10 Å². The molecule has 3 heterocycles. The molecule has 2 N–H and O–H groups in total. The maximum atomic E-state index is 5.69. The van der Waals surface area contributed by atoms with Crippen LogP contribution in [-0.2, 0) is 4.74 Å². The number of rotatable bonds is 2. The van der Waals surface area contributed by atoms with E-state index in [1.165, 1.54) is 0 Å². The van der Waals surface area contributed by atoms with Gasteiger partial charge in [0.1, 0.15) is 6.10 Å². The van der Waals surface area contributed by atoms with Crippen molar-refractivity contribution in [1.82, 2.24) is 20.5 Å². The number of aromatic nitrogens is 3. The topological polar surface area (TPSA) is 66.1 Å². The van der Waals surface area contributed by atoms with Crippen molar-refractivity contribution in [3.05, 3.63) is 5.82 Å². The highest BCUT2D eigenvalue weighted by Crippen LogP contribution is 2.32. The van der Waals surface area contributed by atoms with E-state index < -0.39 is 0 Å². The maximum absolute atomic E-state index is 5.69. The van der Waals surface area contributed by atoms with Crippen LogP contribution in [0.2, 0.25) is 0 Å². The average molecular weight is 237 g/mol. The molecule has 2 atom stereocenters. The van der Waals surface area contributed by atoms with Gasteiger partial charge in [-0.15, -0.1) is 5.10 Å². The number of nitrogens with one attached hydrogen (secondary N) is 2. The number of aromatic amines is 1. The molecule has 0 bridgehead atoms. The lowest BCUT2D eigenvalue weighted by molar-refractivity contribution is 0.0876. The first kappa shape index (κ1) is 11.0. The van der Waals surface area contributed by atoms with E-state index in [0.717, 1.165) is 51.0 Å². The average Bonchev–Trinajstić information content (AvgIpc) is 2.98. The highest BCUT2D eigenvalue weighted by molar-refractivity contribution is 5.29. The van der Waals surface area contributed by atoms with Crippen LogP contribution in [0, 0.1) is 5.92 Å². The monoisotopic (exact) mass is 237 g/mol. The van der Waals surface area contributed by atoms with Gasteiger partial charge >= 0.3 is 0 Å². The zero-order chi connectivity index (χ0) is 11.7. The lowest BCUT2D eigenvalue weighted by atomic mass is 10.0. The molecule has 1 aromatic rings. The van der Waals surface area contributed by atoms with Gasteiger partial charge in [0.25, 0.3) is 0 Å². The molecule has 2 aliphatic heterocycles. The fraction of sp³-hybridized carbons (Fsp3) is 0.818. The molecule has 3 rings (SSSR count). The van der Waals surface area contributed by atoms with Crippen LogP contribution in [0.25, 0.3) is 0 Å². The predicted octanol–water partition coefficient (Wildman–Crippen LogP) is 0.312. The van der Waals surface area contributed by atoms with E-state index in [1.54, 1.807) is 0 Å². The molecular weight excluding hydrogens is 218 g/mol. The molecule has 1 aromatic heterocycles. The first-order valence-corrected chi connectivity index (χ1v) is 6.34. The second-order valence-corrected chi connectivity index (χ2v) is 4.82. The second kappa shape index (κ2) is 4.62. The largest absolute Gasteiger partial charge is 0.370 e. The molecule has 0 amide bonds. The molecule has 6 nitrogen and oxygen atoms in total. The number of hydrogen-bond acceptors (Lipinski definition) is 5. The molecule has 2 aliphatic rings. The molecule has 0 aromatic carbocycles. The number of nitrogens with zero attached hydrogens (tertiary/aromatic N) is 3. The predicted molar refractivity (Wildman–Crippen MR) is 63.9 cm³/mol. The highest BCUT2D eigenvalue weighted by atomic mass is 16.5. The normalized spacial score (nSPS) is 29.8. The van der Waals surface area contributed by atoms with Crippen LogP contribution in [0.1, 0.15) is 25.3 Å². The van der Waals surface area contributed by atoms with Gasteiger partial charge in [-0.2, -0.15) is 4.98 Å². The summed E-state index contributed by atoms with van der Waals surface area (Å²) in [5.74, 6) is 2.21. The van der Waals surface area contributed by atoms with Crippen molar-refractivity contribution in [3.63, 3.8) is 0 Å². The third kappa shape index (κ3) is 2.14. The maximum Gasteiger partial charge on any atom is 0.244 e. The summed E-state index contributed by atoms with van der Waals surface area (Å²) in [7, 11) is 0. The minimum atomic E-state index is 0.0964. The summed E-state index contributed by atoms with van der Waals surface area (Å²) in [6, 6.07) is 0. The fourth-order valence-corrected chi connectivity index (χ4v) is 2.44. The van der Waals surface area contributed by atoms with Crippen LogP contribution in [-0.4, -0.2) is 48.0 Å². The molecule has 0 radical (unpaired) electrons. The van der Waals surface area contributed by atoms with Crippen molar-refractivity contribution in [3.8, 4) is 0 Å². The van der Waals surface area contributed by atoms with Crippen LogP contribution < -0.4 is 10.2 Å². The number of piperazine rings is 1. The minimum Gasteiger partial charge on any atom is -0.370 e. The Kier molecular flexibility index (Phi) is 2.98. The van der Waals surface area contributed by atoms with E-state index in [9.17, 15) is 0 Å². The Hall–Kier alpha value is -1.14. The number of hydrogen-bond donors (Lipinski definition) is 2. The number of H-pyrrole nitrogens is 1. The Morgan fingerprint density at radius 2 is 2.18 bits per heavy atom. The van der Waals surface area contributed by atoms with Gasteiger partial charge in [-0.05, 0) is 12.3 Å². The van der Waals surface area contributed by atoms with Crippen LogP contribution in [0.4, 0.5) is 5.95 Å². The van der Waals surface area contributed by atoms with Gasteiger partial charge in [0.15, 0.2) is 5.82 Å². The number of anilines is 1. The Morgan fingerprint density at radius 1 is 1.35 bits per heavy atom. The lowest BCUT2D eigenvalue weighted by Crippen LogP contribution is -2.44. The second-order valence-electron chi connectivity index (χ2n) is 4.82. The van der Waals surface area contributed by atoms with Gasteiger partial charge in [0, 0.05) is 32.8 Å². The van der Waals surface area contributed by atoms with Gasteiger partial charge in [-0.25, -0.2) is 0 Å². The smallest absolute Gasteiger partial charge is 0.244 e. The summed E-state index contributed by atoms with van der Waals surface area (Å²) in [4.78, 5) is 6.78. The third-order valence-corrected chi connectivity index (χ3v) is 3.55. The Morgan fingerprint density at radius 3 is 2.88 bits per heavy atom. The molecule has 17 heavy (non-hydrogen) atoms. The zero-order valence-corrected chi connectivity index (χ0v) is 10.1. The summed E-state index contributed by atoms with van der Waals surface area (Å²) in [5.41, 5.74) is 0. The molecular formula is C11H19N5O. The first-order chi connectivity index (χ1) is 8.34. The van der Waals surface area contributed by atoms with Crippen molar-refractivity contribution >= 4 is 5.95 Å². The molecule has 0 spiro atoms. The standard InChI is InChI=1S/C11H19N5O/c1-8-2-7-17-9(8)10-13-11(15-14-10)16-5-3-12-4-6-16/h8-9,12H,2-7H2,1H3,(H,13,14,15). The molecule has 0 aliphatic carbocycles. The molecule has 2 saturated heterocycles. The Balaban J connectivity index is 1.73. The van der Waals surface area contributed by atoms with Gasteiger partial charge in [0.2, 0.25) is 5.95 Å². The van der Waals surface area contributed by atoms with Crippen LogP contribution >= 0.6 is 0 Å². The summed E-state index contributed by atoms with van der Waals surface area (Å²) in [5, 5.41) is 10.6. The highest BCUT2D eigenvalue weighted by Gasteiger charge is 2.29. The lowest BCUT2D eigenvalue weighted by Gasteiger charge is -2.25. The van der Waals surface area contributed by atoms with Gasteiger partial charge in [-0.3, -0.25) is 5.10 Å². The van der Waals surface area contributed by atoms with E-state index >= 15 is 0 Å². The summed E-state index contributed by atoms with van der Waals surface area (Å²) in [6.07, 6.45) is 1.20. The van der Waals surface area contributed by atoms with Gasteiger partial charge in [-0.1, -0.05) is 6.92 Å². The number of ether oxygens (including phenoxy) is 1. The van der Waals surface area contributed by atoms with Crippen molar-refractivity contribution in [2.45, 2.75) is 19.4 Å². The molecule has 94 valence electrons. The summed E-state index contributed by atoms with van der Waals surface area (Å²) < 4.78 is 5.69. The molecule has 2 fully saturated rings. The minimum absolute atomic E-state index is 0.0964. The van der Waals surface area contributed by atoms with Crippen LogP contribution in [0.3, 0.4) is 0 Å². The third-order valence-electron chi connectivity index (χ3n) is 3.55. The van der Waals surface area contributed by atoms with Crippen molar-refractivity contribution < 1.29 is 4.74 Å². The molecule has 2 unspecified atom stereocenters. The van der Waals surface area contributed by atoms with E-state index in [2.05, 4.69) is 32.3 Å². The zero-order valence-electron chi connectivity index (χ0n) is 10.1. The Bertz CT molecular complexity index is 374. The summed E-state index contributed by atoms with van der Waals surface area (Å²) >= 11 is 0. The van der Waals surface area contributed by atoms with Gasteiger partial charge in [0.05, 0.1) is 0 Å². The van der Waals surface area contributed by atoms with Crippen LogP contribution in [0.5, 0.6) is 0 Å². The Labute approximate surface area is 101 Å². The quantitative estimate of drug-likeness (QED) is 0.775. The van der Waals surface area contributed by atoms with Crippen LogP contribution in [0.15, 0.2) is 0 Å². The van der Waals surface area contributed by atoms with Crippen molar-refractivity contribution in [1.29, 1.82) is 0 Å². The van der Waals surface area contributed by atoms with Crippen molar-refractivity contribution in [2.24, 2.45) is 5.92 Å². The summed E-state index contributed by atoms with van der Waals surface area (Å²) in [6.45, 7) is 6.97. The first-order valence-electron chi connectivity index (χ1n) is 6.34. The fourth-order valence-electron chi connectivity index (χ4n) is 2.44. The molecule has 0 saturated carbocycles.